The number of aliphatic carboxylic acids is 1. The predicted octanol–water partition coefficient (Wildman–Crippen LogP) is 4.03. The summed E-state index contributed by atoms with van der Waals surface area (Å²) in [5.41, 5.74) is 1.65. The van der Waals surface area contributed by atoms with Gasteiger partial charge in [-0.1, -0.05) is 49.7 Å². The van der Waals surface area contributed by atoms with Crippen molar-refractivity contribution in [2.75, 3.05) is 19.0 Å². The van der Waals surface area contributed by atoms with E-state index in [9.17, 15) is 13.2 Å². The molecule has 9 heteroatoms. The van der Waals surface area contributed by atoms with Crippen LogP contribution in [0.25, 0.3) is 0 Å². The summed E-state index contributed by atoms with van der Waals surface area (Å²) in [5, 5.41) is 13.1. The Hall–Kier alpha value is -3.07. The second-order valence-corrected chi connectivity index (χ2v) is 8.79. The summed E-state index contributed by atoms with van der Waals surface area (Å²) in [6.45, 7) is 4.31. The lowest BCUT2D eigenvalue weighted by atomic mass is 10.1. The minimum atomic E-state index is -3.68. The fourth-order valence-corrected chi connectivity index (χ4v) is 3.81. The smallest absolute Gasteiger partial charge is 0.309 e. The molecule has 0 aromatic heterocycles. The maximum atomic E-state index is 12.1. The summed E-state index contributed by atoms with van der Waals surface area (Å²) >= 11 is 0. The lowest BCUT2D eigenvalue weighted by Gasteiger charge is -2.12. The van der Waals surface area contributed by atoms with Gasteiger partial charge in [0.1, 0.15) is 30.4 Å². The maximum absolute atomic E-state index is 12.1. The molecular formula is C23H29NO7S. The van der Waals surface area contributed by atoms with Crippen LogP contribution >= 0.6 is 0 Å². The molecule has 174 valence electrons. The number of ether oxygens (including phenoxy) is 1. The van der Waals surface area contributed by atoms with Crippen molar-refractivity contribution in [3.63, 3.8) is 0 Å². The molecule has 0 bridgehead atoms. The third-order valence-corrected chi connectivity index (χ3v) is 5.47. The lowest BCUT2D eigenvalue weighted by molar-refractivity contribution is -0.136. The van der Waals surface area contributed by atoms with E-state index >= 15 is 0 Å². The average molecular weight is 464 g/mol. The first-order valence-corrected chi connectivity index (χ1v) is 12.1. The lowest BCUT2D eigenvalue weighted by Crippen LogP contribution is -2.16. The van der Waals surface area contributed by atoms with Crippen molar-refractivity contribution in [2.45, 2.75) is 39.5 Å². The molecule has 2 aromatic rings. The molecule has 0 aliphatic carbocycles. The van der Waals surface area contributed by atoms with Crippen molar-refractivity contribution in [1.82, 2.24) is 0 Å². The maximum Gasteiger partial charge on any atom is 0.309 e. The Morgan fingerprint density at radius 3 is 2.50 bits per heavy atom. The van der Waals surface area contributed by atoms with Crippen LogP contribution in [0, 0.1) is 0 Å². The highest BCUT2D eigenvalue weighted by atomic mass is 32.2. The van der Waals surface area contributed by atoms with Crippen LogP contribution in [0.5, 0.6) is 11.5 Å². The number of hydrogen-bond acceptors (Lipinski definition) is 7. The van der Waals surface area contributed by atoms with Gasteiger partial charge in [0.2, 0.25) is 0 Å². The molecule has 0 aliphatic rings. The zero-order chi connectivity index (χ0) is 23.4. The van der Waals surface area contributed by atoms with Gasteiger partial charge in [0.25, 0.3) is 0 Å². The van der Waals surface area contributed by atoms with Crippen molar-refractivity contribution in [2.24, 2.45) is 5.16 Å². The molecule has 0 amide bonds. The van der Waals surface area contributed by atoms with Crippen molar-refractivity contribution in [3.8, 4) is 11.5 Å². The highest BCUT2D eigenvalue weighted by molar-refractivity contribution is 7.87. The van der Waals surface area contributed by atoms with Crippen molar-refractivity contribution >= 4 is 21.8 Å². The van der Waals surface area contributed by atoms with Crippen molar-refractivity contribution in [1.29, 1.82) is 0 Å². The highest BCUT2D eigenvalue weighted by Gasteiger charge is 2.14. The van der Waals surface area contributed by atoms with E-state index in [0.29, 0.717) is 35.6 Å². The molecule has 0 atom stereocenters. The van der Waals surface area contributed by atoms with E-state index in [1.807, 2.05) is 13.8 Å². The van der Waals surface area contributed by atoms with Crippen molar-refractivity contribution < 1.29 is 32.1 Å². The van der Waals surface area contributed by atoms with Crippen LogP contribution < -0.4 is 8.92 Å². The minimum Gasteiger partial charge on any atom is -0.487 e. The fourth-order valence-electron chi connectivity index (χ4n) is 2.69. The molecule has 0 spiro atoms. The number of hydrogen-bond donors (Lipinski definition) is 1. The number of rotatable bonds is 14. The minimum absolute atomic E-state index is 0.0340. The number of carboxylic acid groups (broad SMARTS) is 1. The zero-order valence-electron chi connectivity index (χ0n) is 18.3. The Labute approximate surface area is 188 Å². The number of oxime groups is 1. The Kier molecular flexibility index (Phi) is 10.0. The summed E-state index contributed by atoms with van der Waals surface area (Å²) in [7, 11) is -3.68. The quantitative estimate of drug-likeness (QED) is 0.195. The van der Waals surface area contributed by atoms with Crippen LogP contribution in [0.15, 0.2) is 53.7 Å². The summed E-state index contributed by atoms with van der Waals surface area (Å²) in [4.78, 5) is 16.3. The third-order valence-electron chi connectivity index (χ3n) is 4.24. The molecule has 0 saturated carbocycles. The first-order valence-electron chi connectivity index (χ1n) is 10.5. The summed E-state index contributed by atoms with van der Waals surface area (Å²) in [6.07, 6.45) is 1.94. The van der Waals surface area contributed by atoms with Gasteiger partial charge >= 0.3 is 16.1 Å². The van der Waals surface area contributed by atoms with Gasteiger partial charge in [-0.2, -0.15) is 8.42 Å². The second-order valence-electron chi connectivity index (χ2n) is 7.10. The Morgan fingerprint density at radius 2 is 1.78 bits per heavy atom. The molecule has 8 nitrogen and oxygen atoms in total. The fraction of sp³-hybridized carbons (Fsp3) is 0.391. The molecule has 32 heavy (non-hydrogen) atoms. The predicted molar refractivity (Wildman–Crippen MR) is 122 cm³/mol. The molecule has 0 unspecified atom stereocenters. The van der Waals surface area contributed by atoms with Gasteiger partial charge < -0.3 is 18.9 Å². The number of benzene rings is 2. The number of carbonyl (C=O) groups is 1. The van der Waals surface area contributed by atoms with Crippen LogP contribution in [0.2, 0.25) is 0 Å². The van der Waals surface area contributed by atoms with Gasteiger partial charge in [0, 0.05) is 5.56 Å². The monoisotopic (exact) mass is 463 g/mol. The second kappa shape index (κ2) is 12.7. The molecule has 2 rings (SSSR count). The summed E-state index contributed by atoms with van der Waals surface area (Å²) < 4.78 is 35.3. The average Bonchev–Trinajstić information content (AvgIpc) is 2.74. The third kappa shape index (κ3) is 8.97. The van der Waals surface area contributed by atoms with Gasteiger partial charge in [0.15, 0.2) is 0 Å². The molecule has 0 radical (unpaired) electrons. The molecule has 2 aromatic carbocycles. The summed E-state index contributed by atoms with van der Waals surface area (Å²) in [6, 6.07) is 13.4. The van der Waals surface area contributed by atoms with Crippen LogP contribution in [0.1, 0.15) is 44.2 Å². The Morgan fingerprint density at radius 1 is 1.03 bits per heavy atom. The van der Waals surface area contributed by atoms with E-state index in [1.165, 1.54) is 0 Å². The van der Waals surface area contributed by atoms with Gasteiger partial charge in [-0.15, -0.1) is 0 Å². The molecule has 0 fully saturated rings. The van der Waals surface area contributed by atoms with Crippen LogP contribution in [-0.4, -0.2) is 44.2 Å². The highest BCUT2D eigenvalue weighted by Crippen LogP contribution is 2.19. The van der Waals surface area contributed by atoms with Gasteiger partial charge in [-0.25, -0.2) is 0 Å². The van der Waals surface area contributed by atoms with E-state index in [-0.39, 0.29) is 24.5 Å². The normalized spacial score (nSPS) is 11.8. The van der Waals surface area contributed by atoms with Crippen molar-refractivity contribution in [3.05, 3.63) is 59.7 Å². The van der Waals surface area contributed by atoms with E-state index in [0.717, 1.165) is 12.8 Å². The zero-order valence-corrected chi connectivity index (χ0v) is 19.1. The Balaban J connectivity index is 2.18. The Bertz CT molecular complexity index is 1020. The number of unbranched alkanes of at least 4 members (excludes halogenated alkanes) is 1. The molecular weight excluding hydrogens is 434 g/mol. The van der Waals surface area contributed by atoms with Crippen LogP contribution in [0.4, 0.5) is 0 Å². The molecule has 0 heterocycles. The first kappa shape index (κ1) is 25.2. The van der Waals surface area contributed by atoms with Gasteiger partial charge in [-0.05, 0) is 42.7 Å². The molecule has 1 N–H and O–H groups in total. The van der Waals surface area contributed by atoms with Crippen LogP contribution in [-0.2, 0) is 26.2 Å². The SMILES string of the molecule is CCCCS(=O)(=O)Oc1cccc(/C(COc2cccc(CC(=O)O)c2)=N/OCCC)c1. The van der Waals surface area contributed by atoms with E-state index in [1.54, 1.807) is 48.5 Å². The van der Waals surface area contributed by atoms with E-state index < -0.39 is 16.1 Å². The first-order chi connectivity index (χ1) is 15.3. The molecule has 0 saturated heterocycles. The van der Waals surface area contributed by atoms with E-state index in [4.69, 9.17) is 18.9 Å². The van der Waals surface area contributed by atoms with E-state index in [2.05, 4.69) is 5.16 Å². The largest absolute Gasteiger partial charge is 0.487 e. The number of carboxylic acids is 1. The summed E-state index contributed by atoms with van der Waals surface area (Å²) in [5.74, 6) is -0.306. The topological polar surface area (TPSA) is 111 Å². The standard InChI is InChI=1S/C23H29NO7S/c1-3-5-13-32(27,28)31-21-11-7-9-19(16-21)22(24-30-12-4-2)17-29-20-10-6-8-18(14-20)15-23(25)26/h6-11,14,16H,3-5,12-13,15,17H2,1-2H3,(H,25,26)/b24-22+. The number of nitrogens with zero attached hydrogens (tertiary/aromatic N) is 1. The van der Waals surface area contributed by atoms with Gasteiger partial charge in [-0.3, -0.25) is 4.79 Å². The van der Waals surface area contributed by atoms with Crippen LogP contribution in [0.3, 0.4) is 0 Å². The molecule has 0 aliphatic heterocycles. The van der Waals surface area contributed by atoms with Gasteiger partial charge in [0.05, 0.1) is 12.2 Å².